The summed E-state index contributed by atoms with van der Waals surface area (Å²) in [4.78, 5) is 2.68. The maximum absolute atomic E-state index is 3.51. The van der Waals surface area contributed by atoms with Gasteiger partial charge in [-0.1, -0.05) is 20.8 Å². The first kappa shape index (κ1) is 14.0. The molecule has 16 heavy (non-hydrogen) atoms. The largest absolute Gasteiger partial charge is 0.314 e. The highest BCUT2D eigenvalue weighted by Gasteiger charge is 2.26. The molecule has 0 saturated carbocycles. The van der Waals surface area contributed by atoms with E-state index in [4.69, 9.17) is 0 Å². The highest BCUT2D eigenvalue weighted by atomic mass is 15.2. The Morgan fingerprint density at radius 3 is 2.50 bits per heavy atom. The molecule has 2 nitrogen and oxygen atoms in total. The molecule has 4 atom stereocenters. The Labute approximate surface area is 102 Å². The summed E-state index contributed by atoms with van der Waals surface area (Å²) in [6.45, 7) is 15.3. The molecule has 1 saturated heterocycles. The van der Waals surface area contributed by atoms with Crippen molar-refractivity contribution < 1.29 is 0 Å². The van der Waals surface area contributed by atoms with E-state index in [0.29, 0.717) is 6.04 Å². The van der Waals surface area contributed by atoms with Crippen LogP contribution in [-0.2, 0) is 0 Å². The van der Waals surface area contributed by atoms with Crippen LogP contribution in [0.2, 0.25) is 0 Å². The molecule has 2 heteroatoms. The zero-order valence-electron chi connectivity index (χ0n) is 11.8. The molecular formula is C14H30N2. The number of nitrogens with zero attached hydrogens (tertiary/aromatic N) is 1. The molecule has 0 radical (unpaired) electrons. The Kier molecular flexibility index (Phi) is 5.77. The molecule has 1 heterocycles. The lowest BCUT2D eigenvalue weighted by Gasteiger charge is -2.39. The van der Waals surface area contributed by atoms with E-state index in [9.17, 15) is 0 Å². The third-order valence-electron chi connectivity index (χ3n) is 4.24. The van der Waals surface area contributed by atoms with Crippen molar-refractivity contribution in [2.24, 2.45) is 11.8 Å². The zero-order chi connectivity index (χ0) is 12.1. The van der Waals surface area contributed by atoms with E-state index in [1.54, 1.807) is 0 Å². The van der Waals surface area contributed by atoms with Gasteiger partial charge in [0.2, 0.25) is 0 Å². The lowest BCUT2D eigenvalue weighted by atomic mass is 9.87. The highest BCUT2D eigenvalue weighted by molar-refractivity contribution is 4.80. The molecule has 1 N–H and O–H groups in total. The van der Waals surface area contributed by atoms with Crippen LogP contribution in [0.4, 0.5) is 0 Å². The predicted octanol–water partition coefficient (Wildman–Crippen LogP) is 2.74. The van der Waals surface area contributed by atoms with E-state index < -0.39 is 0 Å². The molecule has 0 aromatic heterocycles. The standard InChI is InChI=1S/C14H30N2/c1-6-15-13(4)9-14(5)16-8-7-11(2)12(3)10-16/h11-15H,6-10H2,1-5H3. The van der Waals surface area contributed by atoms with Crippen molar-refractivity contribution in [1.82, 2.24) is 10.2 Å². The van der Waals surface area contributed by atoms with Gasteiger partial charge in [0.15, 0.2) is 0 Å². The van der Waals surface area contributed by atoms with Gasteiger partial charge in [0, 0.05) is 18.6 Å². The molecule has 0 amide bonds. The molecule has 1 aliphatic rings. The molecule has 4 unspecified atom stereocenters. The SMILES string of the molecule is CCNC(C)CC(C)N1CCC(C)C(C)C1. The van der Waals surface area contributed by atoms with Crippen LogP contribution in [0.15, 0.2) is 0 Å². The highest BCUT2D eigenvalue weighted by Crippen LogP contribution is 2.24. The van der Waals surface area contributed by atoms with E-state index in [1.807, 2.05) is 0 Å². The monoisotopic (exact) mass is 226 g/mol. The Bertz CT molecular complexity index is 193. The summed E-state index contributed by atoms with van der Waals surface area (Å²) in [5.74, 6) is 1.78. The van der Waals surface area contributed by atoms with Gasteiger partial charge < -0.3 is 10.2 Å². The van der Waals surface area contributed by atoms with E-state index >= 15 is 0 Å². The van der Waals surface area contributed by atoms with Crippen LogP contribution >= 0.6 is 0 Å². The van der Waals surface area contributed by atoms with E-state index in [-0.39, 0.29) is 0 Å². The second-order valence-corrected chi connectivity index (χ2v) is 5.78. The summed E-state index contributed by atoms with van der Waals surface area (Å²) in [6.07, 6.45) is 2.65. The minimum atomic E-state index is 0.648. The Hall–Kier alpha value is -0.0800. The average Bonchev–Trinajstić information content (AvgIpc) is 2.22. The number of hydrogen-bond donors (Lipinski definition) is 1. The number of likely N-dealkylation sites (tertiary alicyclic amines) is 1. The molecule has 1 aliphatic heterocycles. The molecule has 96 valence electrons. The van der Waals surface area contributed by atoms with Crippen molar-refractivity contribution in [3.05, 3.63) is 0 Å². The van der Waals surface area contributed by atoms with E-state index in [2.05, 4.69) is 44.8 Å². The Morgan fingerprint density at radius 1 is 1.25 bits per heavy atom. The summed E-state index contributed by atoms with van der Waals surface area (Å²) in [5.41, 5.74) is 0. The van der Waals surface area contributed by atoms with Crippen LogP contribution in [-0.4, -0.2) is 36.6 Å². The molecule has 1 fully saturated rings. The average molecular weight is 226 g/mol. The summed E-state index contributed by atoms with van der Waals surface area (Å²) in [7, 11) is 0. The second-order valence-electron chi connectivity index (χ2n) is 5.78. The van der Waals surface area contributed by atoms with Crippen LogP contribution in [0.3, 0.4) is 0 Å². The van der Waals surface area contributed by atoms with Crippen molar-refractivity contribution >= 4 is 0 Å². The maximum atomic E-state index is 3.51. The van der Waals surface area contributed by atoms with Crippen molar-refractivity contribution in [2.75, 3.05) is 19.6 Å². The number of nitrogens with one attached hydrogen (secondary N) is 1. The van der Waals surface area contributed by atoms with Gasteiger partial charge in [-0.25, -0.2) is 0 Å². The predicted molar refractivity (Wildman–Crippen MR) is 71.7 cm³/mol. The fourth-order valence-corrected chi connectivity index (χ4v) is 2.79. The van der Waals surface area contributed by atoms with Gasteiger partial charge >= 0.3 is 0 Å². The first-order chi connectivity index (χ1) is 7.54. The third-order valence-corrected chi connectivity index (χ3v) is 4.24. The molecule has 0 aliphatic carbocycles. The van der Waals surface area contributed by atoms with Gasteiger partial charge in [0.05, 0.1) is 0 Å². The number of hydrogen-bond acceptors (Lipinski definition) is 2. The smallest absolute Gasteiger partial charge is 0.00817 e. The van der Waals surface area contributed by atoms with Crippen molar-refractivity contribution in [2.45, 2.75) is 59.5 Å². The minimum absolute atomic E-state index is 0.648. The van der Waals surface area contributed by atoms with Gasteiger partial charge in [-0.2, -0.15) is 0 Å². The van der Waals surface area contributed by atoms with Crippen LogP contribution < -0.4 is 5.32 Å². The van der Waals surface area contributed by atoms with Crippen LogP contribution in [0.25, 0.3) is 0 Å². The van der Waals surface area contributed by atoms with Crippen LogP contribution in [0, 0.1) is 11.8 Å². The van der Waals surface area contributed by atoms with E-state index in [0.717, 1.165) is 24.4 Å². The zero-order valence-corrected chi connectivity index (χ0v) is 11.8. The van der Waals surface area contributed by atoms with Gasteiger partial charge in [0.1, 0.15) is 0 Å². The molecule has 0 spiro atoms. The third kappa shape index (κ3) is 4.06. The quantitative estimate of drug-likeness (QED) is 0.775. The first-order valence-electron chi connectivity index (χ1n) is 7.02. The second kappa shape index (κ2) is 6.61. The van der Waals surface area contributed by atoms with Gasteiger partial charge in [0.25, 0.3) is 0 Å². The van der Waals surface area contributed by atoms with Crippen LogP contribution in [0.1, 0.15) is 47.5 Å². The first-order valence-corrected chi connectivity index (χ1v) is 7.02. The number of rotatable bonds is 5. The topological polar surface area (TPSA) is 15.3 Å². The van der Waals surface area contributed by atoms with Gasteiger partial charge in [-0.15, -0.1) is 0 Å². The molecule has 0 bridgehead atoms. The van der Waals surface area contributed by atoms with Crippen molar-refractivity contribution in [3.8, 4) is 0 Å². The molecule has 1 rings (SSSR count). The normalized spacial score (nSPS) is 31.3. The summed E-state index contributed by atoms with van der Waals surface area (Å²) in [6, 6.07) is 1.37. The van der Waals surface area contributed by atoms with Crippen molar-refractivity contribution in [3.63, 3.8) is 0 Å². The van der Waals surface area contributed by atoms with Crippen molar-refractivity contribution in [1.29, 1.82) is 0 Å². The Balaban J connectivity index is 2.33. The summed E-state index contributed by atoms with van der Waals surface area (Å²) in [5, 5.41) is 3.51. The molecular weight excluding hydrogens is 196 g/mol. The summed E-state index contributed by atoms with van der Waals surface area (Å²) < 4.78 is 0. The Morgan fingerprint density at radius 2 is 1.94 bits per heavy atom. The lowest BCUT2D eigenvalue weighted by Crippen LogP contribution is -2.45. The fraction of sp³-hybridized carbons (Fsp3) is 1.00. The number of piperidine rings is 1. The molecule has 0 aromatic carbocycles. The minimum Gasteiger partial charge on any atom is -0.314 e. The molecule has 0 aromatic rings. The summed E-state index contributed by atoms with van der Waals surface area (Å²) >= 11 is 0. The van der Waals surface area contributed by atoms with Gasteiger partial charge in [-0.3, -0.25) is 0 Å². The van der Waals surface area contributed by atoms with Crippen LogP contribution in [0.5, 0.6) is 0 Å². The van der Waals surface area contributed by atoms with Gasteiger partial charge in [-0.05, 0) is 51.6 Å². The fourth-order valence-electron chi connectivity index (χ4n) is 2.79. The maximum Gasteiger partial charge on any atom is 0.00817 e. The van der Waals surface area contributed by atoms with E-state index in [1.165, 1.54) is 25.9 Å². The lowest BCUT2D eigenvalue weighted by molar-refractivity contribution is 0.0945.